The molecule has 0 amide bonds. The van der Waals surface area contributed by atoms with Crippen LogP contribution in [0, 0.1) is 5.82 Å². The zero-order valence-corrected chi connectivity index (χ0v) is 9.13. The summed E-state index contributed by atoms with van der Waals surface area (Å²) in [7, 11) is 0. The molecule has 5 heteroatoms. The first-order valence-corrected chi connectivity index (χ1v) is 5.05. The van der Waals surface area contributed by atoms with Crippen LogP contribution in [0.3, 0.4) is 0 Å². The molecule has 0 heterocycles. The number of hydrogen-bond acceptors (Lipinski definition) is 4. The third-order valence-electron chi connectivity index (χ3n) is 2.02. The third-order valence-corrected chi connectivity index (χ3v) is 2.02. The normalized spacial score (nSPS) is 9.94. The van der Waals surface area contributed by atoms with E-state index in [1.165, 1.54) is 12.1 Å². The smallest absolute Gasteiger partial charge is 0.325 e. The molecule has 16 heavy (non-hydrogen) atoms. The van der Waals surface area contributed by atoms with Crippen LogP contribution in [0.15, 0.2) is 18.2 Å². The van der Waals surface area contributed by atoms with Crippen molar-refractivity contribution in [3.63, 3.8) is 0 Å². The zero-order valence-electron chi connectivity index (χ0n) is 9.13. The molecule has 0 unspecified atom stereocenters. The van der Waals surface area contributed by atoms with Crippen molar-refractivity contribution < 1.29 is 13.9 Å². The number of nitrogens with one attached hydrogen (secondary N) is 1. The van der Waals surface area contributed by atoms with E-state index in [1.54, 1.807) is 13.0 Å². The number of hydrogen-bond donors (Lipinski definition) is 2. The lowest BCUT2D eigenvalue weighted by molar-refractivity contribution is -0.140. The van der Waals surface area contributed by atoms with Crippen LogP contribution in [-0.2, 0) is 16.1 Å². The predicted octanol–water partition coefficient (Wildman–Crippen LogP) is 1.26. The molecule has 0 saturated heterocycles. The molecule has 0 spiro atoms. The van der Waals surface area contributed by atoms with E-state index >= 15 is 0 Å². The van der Waals surface area contributed by atoms with E-state index in [1.807, 2.05) is 0 Å². The lowest BCUT2D eigenvalue weighted by Crippen LogP contribution is -2.18. The molecule has 0 bridgehead atoms. The third kappa shape index (κ3) is 3.51. The minimum absolute atomic E-state index is 0.00426. The summed E-state index contributed by atoms with van der Waals surface area (Å²) in [4.78, 5) is 11.1. The summed E-state index contributed by atoms with van der Waals surface area (Å²) < 4.78 is 17.7. The van der Waals surface area contributed by atoms with Crippen LogP contribution < -0.4 is 11.1 Å². The molecule has 1 rings (SSSR count). The molecule has 0 aliphatic rings. The highest BCUT2D eigenvalue weighted by Gasteiger charge is 2.05. The van der Waals surface area contributed by atoms with Crippen LogP contribution in [0.2, 0.25) is 0 Å². The zero-order chi connectivity index (χ0) is 12.0. The Morgan fingerprint density at radius 1 is 1.56 bits per heavy atom. The highest BCUT2D eigenvalue weighted by molar-refractivity contribution is 5.75. The standard InChI is InChI=1S/C11H15FN2O2/c1-2-16-11(15)7-14-10-5-9(12)4-3-8(10)6-13/h3-5,14H,2,6-7,13H2,1H3. The van der Waals surface area contributed by atoms with Gasteiger partial charge in [0.2, 0.25) is 0 Å². The topological polar surface area (TPSA) is 64.3 Å². The molecule has 88 valence electrons. The molecule has 0 aliphatic carbocycles. The van der Waals surface area contributed by atoms with Gasteiger partial charge in [0.25, 0.3) is 0 Å². The number of carbonyl (C=O) groups is 1. The molecule has 1 aromatic carbocycles. The van der Waals surface area contributed by atoms with Gasteiger partial charge in [-0.05, 0) is 24.6 Å². The summed E-state index contributed by atoms with van der Waals surface area (Å²) in [6.45, 7) is 2.34. The number of ether oxygens (including phenoxy) is 1. The number of anilines is 1. The molecule has 1 aromatic rings. The molecule has 4 nitrogen and oxygen atoms in total. The summed E-state index contributed by atoms with van der Waals surface area (Å²) in [5, 5.41) is 2.80. The van der Waals surface area contributed by atoms with Crippen LogP contribution in [-0.4, -0.2) is 19.1 Å². The summed E-state index contributed by atoms with van der Waals surface area (Å²) in [5.74, 6) is -0.752. The molecular formula is C11H15FN2O2. The van der Waals surface area contributed by atoms with Gasteiger partial charge in [-0.2, -0.15) is 0 Å². The van der Waals surface area contributed by atoms with Crippen molar-refractivity contribution in [2.45, 2.75) is 13.5 Å². The summed E-state index contributed by atoms with van der Waals surface area (Å²) >= 11 is 0. The summed E-state index contributed by atoms with van der Waals surface area (Å²) in [6, 6.07) is 4.22. The lowest BCUT2D eigenvalue weighted by Gasteiger charge is -2.10. The van der Waals surface area contributed by atoms with Crippen LogP contribution in [0.1, 0.15) is 12.5 Å². The van der Waals surface area contributed by atoms with Crippen molar-refractivity contribution in [3.05, 3.63) is 29.6 Å². The second-order valence-electron chi connectivity index (χ2n) is 3.16. The number of nitrogens with two attached hydrogens (primary N) is 1. The van der Waals surface area contributed by atoms with Crippen LogP contribution in [0.4, 0.5) is 10.1 Å². The lowest BCUT2D eigenvalue weighted by atomic mass is 10.1. The van der Waals surface area contributed by atoms with E-state index in [0.717, 1.165) is 5.56 Å². The molecule has 0 atom stereocenters. The number of halogens is 1. The Morgan fingerprint density at radius 2 is 2.31 bits per heavy atom. The van der Waals surface area contributed by atoms with Gasteiger partial charge in [0.05, 0.1) is 6.61 Å². The number of benzene rings is 1. The van der Waals surface area contributed by atoms with Gasteiger partial charge in [0, 0.05) is 12.2 Å². The second kappa shape index (κ2) is 6.07. The first-order chi connectivity index (χ1) is 7.67. The number of rotatable bonds is 5. The number of esters is 1. The SMILES string of the molecule is CCOC(=O)CNc1cc(F)ccc1CN. The Balaban J connectivity index is 2.65. The molecule has 3 N–H and O–H groups in total. The summed E-state index contributed by atoms with van der Waals surface area (Å²) in [5.41, 5.74) is 6.77. The van der Waals surface area contributed by atoms with Gasteiger partial charge in [-0.15, -0.1) is 0 Å². The maximum Gasteiger partial charge on any atom is 0.325 e. The average Bonchev–Trinajstić information content (AvgIpc) is 2.27. The predicted molar refractivity (Wildman–Crippen MR) is 59.4 cm³/mol. The van der Waals surface area contributed by atoms with Gasteiger partial charge in [0.15, 0.2) is 0 Å². The van der Waals surface area contributed by atoms with Crippen LogP contribution >= 0.6 is 0 Å². The monoisotopic (exact) mass is 226 g/mol. The molecule has 0 aromatic heterocycles. The minimum Gasteiger partial charge on any atom is -0.465 e. The van der Waals surface area contributed by atoms with E-state index < -0.39 is 0 Å². The van der Waals surface area contributed by atoms with Gasteiger partial charge in [-0.25, -0.2) is 4.39 Å². The van der Waals surface area contributed by atoms with E-state index in [9.17, 15) is 9.18 Å². The van der Waals surface area contributed by atoms with Crippen LogP contribution in [0.25, 0.3) is 0 Å². The maximum absolute atomic E-state index is 13.0. The van der Waals surface area contributed by atoms with E-state index in [2.05, 4.69) is 5.32 Å². The van der Waals surface area contributed by atoms with Gasteiger partial charge in [0.1, 0.15) is 12.4 Å². The van der Waals surface area contributed by atoms with Crippen molar-refractivity contribution in [1.29, 1.82) is 0 Å². The van der Waals surface area contributed by atoms with Gasteiger partial charge in [-0.3, -0.25) is 4.79 Å². The Bertz CT molecular complexity index is 369. The van der Waals surface area contributed by atoms with Crippen molar-refractivity contribution in [2.75, 3.05) is 18.5 Å². The Hall–Kier alpha value is -1.62. The molecule has 0 aliphatic heterocycles. The van der Waals surface area contributed by atoms with Gasteiger partial charge >= 0.3 is 5.97 Å². The second-order valence-corrected chi connectivity index (χ2v) is 3.16. The highest BCUT2D eigenvalue weighted by atomic mass is 19.1. The maximum atomic E-state index is 13.0. The Labute approximate surface area is 93.6 Å². The fourth-order valence-electron chi connectivity index (χ4n) is 1.27. The quantitative estimate of drug-likeness (QED) is 0.742. The van der Waals surface area contributed by atoms with Crippen molar-refractivity contribution >= 4 is 11.7 Å². The number of carbonyl (C=O) groups excluding carboxylic acids is 1. The molecule has 0 radical (unpaired) electrons. The fourth-order valence-corrected chi connectivity index (χ4v) is 1.27. The van der Waals surface area contributed by atoms with Crippen molar-refractivity contribution in [1.82, 2.24) is 0 Å². The first kappa shape index (κ1) is 12.4. The van der Waals surface area contributed by atoms with Gasteiger partial charge < -0.3 is 15.8 Å². The Kier molecular flexibility index (Phi) is 4.72. The van der Waals surface area contributed by atoms with E-state index in [4.69, 9.17) is 10.5 Å². The average molecular weight is 226 g/mol. The van der Waals surface area contributed by atoms with Gasteiger partial charge in [-0.1, -0.05) is 6.07 Å². The highest BCUT2D eigenvalue weighted by Crippen LogP contribution is 2.16. The minimum atomic E-state index is -0.380. The van der Waals surface area contributed by atoms with E-state index in [0.29, 0.717) is 12.3 Å². The summed E-state index contributed by atoms with van der Waals surface area (Å²) in [6.07, 6.45) is 0. The van der Waals surface area contributed by atoms with Crippen LogP contribution in [0.5, 0.6) is 0 Å². The Morgan fingerprint density at radius 3 is 2.94 bits per heavy atom. The molecule has 0 fully saturated rings. The molecular weight excluding hydrogens is 211 g/mol. The molecule has 0 saturated carbocycles. The van der Waals surface area contributed by atoms with E-state index in [-0.39, 0.29) is 24.9 Å². The first-order valence-electron chi connectivity index (χ1n) is 5.05. The fraction of sp³-hybridized carbons (Fsp3) is 0.364. The largest absolute Gasteiger partial charge is 0.465 e. The van der Waals surface area contributed by atoms with Crippen molar-refractivity contribution in [3.8, 4) is 0 Å². The van der Waals surface area contributed by atoms with Crippen molar-refractivity contribution in [2.24, 2.45) is 5.73 Å².